The number of hydrogen-bond donors (Lipinski definition) is 1. The molecule has 0 unspecified atom stereocenters. The summed E-state index contributed by atoms with van der Waals surface area (Å²) in [4.78, 5) is 21.9. The van der Waals surface area contributed by atoms with E-state index in [2.05, 4.69) is 51.4 Å². The van der Waals surface area contributed by atoms with Gasteiger partial charge in [0.25, 0.3) is 0 Å². The van der Waals surface area contributed by atoms with Crippen LogP contribution in [0.25, 0.3) is 21.9 Å². The first-order chi connectivity index (χ1) is 17.1. The van der Waals surface area contributed by atoms with E-state index in [0.717, 1.165) is 70.8 Å². The average molecular weight is 467 g/mol. The Hall–Kier alpha value is -3.90. The Bertz CT molecular complexity index is 1330. The highest BCUT2D eigenvalue weighted by atomic mass is 16.5. The molecule has 3 aromatic carbocycles. The molecule has 4 aromatic rings. The molecule has 0 atom stereocenters. The second-order valence-electron chi connectivity index (χ2n) is 8.96. The van der Waals surface area contributed by atoms with E-state index in [1.807, 2.05) is 42.5 Å². The topological polar surface area (TPSA) is 57.7 Å². The Morgan fingerprint density at radius 3 is 2.43 bits per heavy atom. The Kier molecular flexibility index (Phi) is 6.64. The van der Waals surface area contributed by atoms with Gasteiger partial charge in [0.15, 0.2) is 0 Å². The van der Waals surface area contributed by atoms with E-state index in [4.69, 9.17) is 4.74 Å². The number of carbonyl (C=O) groups excluding carboxylic acids is 1. The molecule has 6 heteroatoms. The van der Waals surface area contributed by atoms with Gasteiger partial charge in [0.05, 0.1) is 19.2 Å². The molecule has 1 N–H and O–H groups in total. The highest BCUT2D eigenvalue weighted by Crippen LogP contribution is 2.33. The molecule has 1 aliphatic heterocycles. The predicted molar refractivity (Wildman–Crippen MR) is 142 cm³/mol. The van der Waals surface area contributed by atoms with Gasteiger partial charge in [-0.1, -0.05) is 36.4 Å². The van der Waals surface area contributed by atoms with E-state index in [0.29, 0.717) is 6.42 Å². The first kappa shape index (κ1) is 22.9. The Balaban J connectivity index is 1.37. The normalized spacial score (nSPS) is 14.2. The SMILES string of the molecule is COc1ccc(NC(=O)Cc2ccc(-c3ccncc3)c3ccccc23)cc1N1CCN(C)CC1. The zero-order chi connectivity index (χ0) is 24.2. The number of amides is 1. The fraction of sp³-hybridized carbons (Fsp3) is 0.241. The van der Waals surface area contributed by atoms with Crippen LogP contribution in [0.3, 0.4) is 0 Å². The molecule has 1 fully saturated rings. The summed E-state index contributed by atoms with van der Waals surface area (Å²) < 4.78 is 5.60. The summed E-state index contributed by atoms with van der Waals surface area (Å²) in [6.45, 7) is 3.87. The summed E-state index contributed by atoms with van der Waals surface area (Å²) in [6, 6.07) is 22.3. The number of aromatic nitrogens is 1. The number of likely N-dealkylation sites (N-methyl/N-ethyl adjacent to an activating group) is 1. The molecular formula is C29H30N4O2. The maximum Gasteiger partial charge on any atom is 0.228 e. The van der Waals surface area contributed by atoms with Crippen molar-refractivity contribution in [1.29, 1.82) is 0 Å². The van der Waals surface area contributed by atoms with Crippen molar-refractivity contribution < 1.29 is 9.53 Å². The summed E-state index contributed by atoms with van der Waals surface area (Å²) in [6.07, 6.45) is 3.90. The molecule has 0 bridgehead atoms. The van der Waals surface area contributed by atoms with Gasteiger partial charge in [0.1, 0.15) is 5.75 Å². The van der Waals surface area contributed by atoms with Gasteiger partial charge >= 0.3 is 0 Å². The molecule has 5 rings (SSSR count). The second kappa shape index (κ2) is 10.2. The van der Waals surface area contributed by atoms with E-state index in [1.165, 1.54) is 0 Å². The van der Waals surface area contributed by atoms with Crippen LogP contribution in [0.1, 0.15) is 5.56 Å². The van der Waals surface area contributed by atoms with Crippen molar-refractivity contribution in [1.82, 2.24) is 9.88 Å². The van der Waals surface area contributed by atoms with Crippen molar-refractivity contribution in [3.8, 4) is 16.9 Å². The van der Waals surface area contributed by atoms with Crippen LogP contribution < -0.4 is 15.0 Å². The molecule has 178 valence electrons. The third kappa shape index (κ3) is 4.98. The van der Waals surface area contributed by atoms with Crippen LogP contribution in [0, 0.1) is 0 Å². The summed E-state index contributed by atoms with van der Waals surface area (Å²) >= 11 is 0. The number of ether oxygens (including phenoxy) is 1. The zero-order valence-corrected chi connectivity index (χ0v) is 20.2. The van der Waals surface area contributed by atoms with E-state index in [-0.39, 0.29) is 5.91 Å². The Morgan fingerprint density at radius 1 is 0.943 bits per heavy atom. The van der Waals surface area contributed by atoms with E-state index in [1.54, 1.807) is 19.5 Å². The van der Waals surface area contributed by atoms with Gasteiger partial charge in [-0.15, -0.1) is 0 Å². The third-order valence-electron chi connectivity index (χ3n) is 6.66. The fourth-order valence-corrected chi connectivity index (χ4v) is 4.74. The molecule has 35 heavy (non-hydrogen) atoms. The molecule has 0 spiro atoms. The van der Waals surface area contributed by atoms with Crippen LogP contribution in [0.4, 0.5) is 11.4 Å². The highest BCUT2D eigenvalue weighted by Gasteiger charge is 2.19. The maximum atomic E-state index is 13.1. The summed E-state index contributed by atoms with van der Waals surface area (Å²) in [5, 5.41) is 5.32. The minimum Gasteiger partial charge on any atom is -0.495 e. The van der Waals surface area contributed by atoms with Crippen molar-refractivity contribution in [2.75, 3.05) is 50.6 Å². The smallest absolute Gasteiger partial charge is 0.228 e. The zero-order valence-electron chi connectivity index (χ0n) is 20.2. The lowest BCUT2D eigenvalue weighted by atomic mass is 9.94. The number of carbonyl (C=O) groups is 1. The van der Waals surface area contributed by atoms with E-state index >= 15 is 0 Å². The number of rotatable bonds is 6. The molecule has 0 saturated carbocycles. The number of pyridine rings is 1. The third-order valence-corrected chi connectivity index (χ3v) is 6.66. The number of piperazine rings is 1. The summed E-state index contributed by atoms with van der Waals surface area (Å²) in [7, 11) is 3.83. The molecule has 1 aromatic heterocycles. The number of anilines is 2. The predicted octanol–water partition coefficient (Wildman–Crippen LogP) is 4.84. The number of benzene rings is 3. The Morgan fingerprint density at radius 2 is 1.69 bits per heavy atom. The van der Waals surface area contributed by atoms with Crippen molar-refractivity contribution in [3.63, 3.8) is 0 Å². The van der Waals surface area contributed by atoms with Crippen LogP contribution in [-0.4, -0.2) is 56.1 Å². The molecule has 1 aliphatic rings. The van der Waals surface area contributed by atoms with Gasteiger partial charge in [0.2, 0.25) is 5.91 Å². The molecule has 1 amide bonds. The number of methoxy groups -OCH3 is 1. The van der Waals surface area contributed by atoms with Gasteiger partial charge < -0.3 is 19.9 Å². The molecule has 0 aliphatic carbocycles. The number of nitrogens with zero attached hydrogens (tertiary/aromatic N) is 3. The Labute approximate surface area is 206 Å². The monoisotopic (exact) mass is 466 g/mol. The van der Waals surface area contributed by atoms with Crippen LogP contribution in [0.2, 0.25) is 0 Å². The van der Waals surface area contributed by atoms with Crippen molar-refractivity contribution in [2.24, 2.45) is 0 Å². The van der Waals surface area contributed by atoms with Gasteiger partial charge in [0, 0.05) is 44.3 Å². The highest BCUT2D eigenvalue weighted by molar-refractivity contribution is 6.01. The first-order valence-electron chi connectivity index (χ1n) is 11.9. The molecule has 1 saturated heterocycles. The summed E-state index contributed by atoms with van der Waals surface area (Å²) in [5.41, 5.74) is 5.05. The fourth-order valence-electron chi connectivity index (χ4n) is 4.74. The molecule has 0 radical (unpaired) electrons. The lowest BCUT2D eigenvalue weighted by Gasteiger charge is -2.35. The lowest BCUT2D eigenvalue weighted by Crippen LogP contribution is -2.44. The number of hydrogen-bond acceptors (Lipinski definition) is 5. The molecule has 2 heterocycles. The quantitative estimate of drug-likeness (QED) is 0.441. The van der Waals surface area contributed by atoms with E-state index in [9.17, 15) is 4.79 Å². The van der Waals surface area contributed by atoms with Crippen molar-refractivity contribution >= 4 is 28.1 Å². The van der Waals surface area contributed by atoms with Crippen molar-refractivity contribution in [3.05, 3.63) is 84.7 Å². The first-order valence-corrected chi connectivity index (χ1v) is 11.9. The standard InChI is InChI=1S/C29H30N4O2/c1-32-15-17-33(18-16-32)27-20-23(8-10-28(27)35-2)31-29(34)19-22-7-9-25(21-11-13-30-14-12-21)26-6-4-3-5-24(22)26/h3-14,20H,15-19H2,1-2H3,(H,31,34). The molecule has 6 nitrogen and oxygen atoms in total. The second-order valence-corrected chi connectivity index (χ2v) is 8.96. The summed E-state index contributed by atoms with van der Waals surface area (Å²) in [5.74, 6) is 0.784. The van der Waals surface area contributed by atoms with Crippen LogP contribution in [0.5, 0.6) is 5.75 Å². The van der Waals surface area contributed by atoms with Gasteiger partial charge in [-0.3, -0.25) is 9.78 Å². The lowest BCUT2D eigenvalue weighted by molar-refractivity contribution is -0.115. The van der Waals surface area contributed by atoms with Crippen LogP contribution >= 0.6 is 0 Å². The van der Waals surface area contributed by atoms with Gasteiger partial charge in [-0.2, -0.15) is 0 Å². The number of nitrogens with one attached hydrogen (secondary N) is 1. The van der Waals surface area contributed by atoms with Gasteiger partial charge in [-0.05, 0) is 64.8 Å². The number of fused-ring (bicyclic) bond motifs is 1. The maximum absolute atomic E-state index is 13.1. The van der Waals surface area contributed by atoms with Crippen LogP contribution in [-0.2, 0) is 11.2 Å². The van der Waals surface area contributed by atoms with E-state index < -0.39 is 0 Å². The van der Waals surface area contributed by atoms with Gasteiger partial charge in [-0.25, -0.2) is 0 Å². The largest absolute Gasteiger partial charge is 0.495 e. The minimum absolute atomic E-state index is 0.0405. The van der Waals surface area contributed by atoms with Crippen LogP contribution in [0.15, 0.2) is 79.1 Å². The minimum atomic E-state index is -0.0405. The van der Waals surface area contributed by atoms with Crippen molar-refractivity contribution in [2.45, 2.75) is 6.42 Å². The average Bonchev–Trinajstić information content (AvgIpc) is 2.90. The molecular weight excluding hydrogens is 436 g/mol.